The summed E-state index contributed by atoms with van der Waals surface area (Å²) in [5.41, 5.74) is 1.77. The third kappa shape index (κ3) is 3.61. The van der Waals surface area contributed by atoms with Crippen molar-refractivity contribution in [2.75, 3.05) is 0 Å². The molecule has 3 aromatic rings. The number of aromatic nitrogens is 3. The molecule has 158 valence electrons. The number of rotatable bonds is 6. The van der Waals surface area contributed by atoms with Gasteiger partial charge in [-0.05, 0) is 18.1 Å². The summed E-state index contributed by atoms with van der Waals surface area (Å²) < 4.78 is 7.26. The molecule has 0 aliphatic carbocycles. The van der Waals surface area contributed by atoms with Crippen LogP contribution in [0.25, 0.3) is 0 Å². The average molecular weight is 435 g/mol. The molecule has 8 heteroatoms. The molecule has 7 nitrogen and oxygen atoms in total. The number of hydrogen-bond donors (Lipinski definition) is 0. The zero-order valence-corrected chi connectivity index (χ0v) is 17.8. The topological polar surface area (TPSA) is 77.3 Å². The molecule has 5 rings (SSSR count). The summed E-state index contributed by atoms with van der Waals surface area (Å²) in [6, 6.07) is 18.6. The first-order valence-electron chi connectivity index (χ1n) is 10.2. The largest absolute Gasteiger partial charge is 0.451 e. The summed E-state index contributed by atoms with van der Waals surface area (Å²) >= 11 is 1.64. The van der Waals surface area contributed by atoms with Crippen LogP contribution in [-0.2, 0) is 20.9 Å². The Morgan fingerprint density at radius 1 is 1.16 bits per heavy atom. The lowest BCUT2D eigenvalue weighted by atomic mass is 9.95. The van der Waals surface area contributed by atoms with Crippen molar-refractivity contribution in [1.29, 1.82) is 0 Å². The van der Waals surface area contributed by atoms with E-state index in [2.05, 4.69) is 10.3 Å². The number of thioether (sulfide) groups is 1. The van der Waals surface area contributed by atoms with Crippen LogP contribution in [0.4, 0.5) is 0 Å². The van der Waals surface area contributed by atoms with Gasteiger partial charge in [0.1, 0.15) is 6.04 Å². The van der Waals surface area contributed by atoms with E-state index in [0.29, 0.717) is 13.0 Å². The summed E-state index contributed by atoms with van der Waals surface area (Å²) in [6.07, 6.45) is 3.27. The molecule has 2 aliphatic heterocycles. The molecule has 2 aliphatic rings. The van der Waals surface area contributed by atoms with Crippen molar-refractivity contribution in [2.45, 2.75) is 42.2 Å². The van der Waals surface area contributed by atoms with E-state index in [-0.39, 0.29) is 11.3 Å². The highest BCUT2D eigenvalue weighted by Gasteiger charge is 2.61. The maximum atomic E-state index is 13.6. The second-order valence-corrected chi connectivity index (χ2v) is 9.74. The van der Waals surface area contributed by atoms with Gasteiger partial charge in [0.05, 0.1) is 29.3 Å². The Morgan fingerprint density at radius 2 is 1.81 bits per heavy atom. The lowest BCUT2D eigenvalue weighted by molar-refractivity contribution is -0.164. The first-order valence-corrected chi connectivity index (χ1v) is 11.1. The third-order valence-corrected chi connectivity index (χ3v) is 7.38. The standard InChI is InChI=1S/C23H22N4O3S/c1-23(15-26-13-12-24-25-26)21(27-18(28)14-19(27)31-23)22(29)30-20(16-8-4-2-5-9-16)17-10-6-3-7-11-17/h2-13,19-21H,14-15H2,1H3/t19-,21-,23-/m0/s1. The van der Waals surface area contributed by atoms with E-state index < -0.39 is 22.9 Å². The monoisotopic (exact) mass is 434 g/mol. The minimum Gasteiger partial charge on any atom is -0.451 e. The molecule has 2 aromatic carbocycles. The molecule has 0 saturated carbocycles. The van der Waals surface area contributed by atoms with Gasteiger partial charge in [0.2, 0.25) is 5.91 Å². The fraction of sp³-hybridized carbons (Fsp3) is 0.304. The fourth-order valence-electron chi connectivity index (χ4n) is 4.37. The van der Waals surface area contributed by atoms with Gasteiger partial charge in [0.25, 0.3) is 0 Å². The van der Waals surface area contributed by atoms with Crippen LogP contribution in [0.5, 0.6) is 0 Å². The molecule has 2 saturated heterocycles. The number of fused-ring (bicyclic) bond motifs is 1. The van der Waals surface area contributed by atoms with Crippen LogP contribution in [0.3, 0.4) is 0 Å². The normalized spacial score (nSPS) is 24.7. The Hall–Kier alpha value is -3.13. The van der Waals surface area contributed by atoms with Crippen LogP contribution in [0.1, 0.15) is 30.6 Å². The molecule has 0 bridgehead atoms. The minimum atomic E-state index is -0.692. The SMILES string of the molecule is C[C@@]1(Cn2ccnn2)S[C@H]2CC(=O)N2[C@H]1C(=O)OC(c1ccccc1)c1ccccc1. The highest BCUT2D eigenvalue weighted by molar-refractivity contribution is 8.01. The van der Waals surface area contributed by atoms with Crippen LogP contribution in [0, 0.1) is 0 Å². The first kappa shape index (κ1) is 19.8. The summed E-state index contributed by atoms with van der Waals surface area (Å²) in [4.78, 5) is 27.7. The summed E-state index contributed by atoms with van der Waals surface area (Å²) in [5, 5.41) is 7.92. The van der Waals surface area contributed by atoms with Crippen LogP contribution < -0.4 is 0 Å². The van der Waals surface area contributed by atoms with Gasteiger partial charge >= 0.3 is 5.97 Å². The highest BCUT2D eigenvalue weighted by atomic mass is 32.2. The highest BCUT2D eigenvalue weighted by Crippen LogP contribution is 2.52. The zero-order chi connectivity index (χ0) is 21.4. The lowest BCUT2D eigenvalue weighted by Crippen LogP contribution is -2.58. The number of hydrogen-bond acceptors (Lipinski definition) is 6. The van der Waals surface area contributed by atoms with Crippen molar-refractivity contribution in [3.63, 3.8) is 0 Å². The molecule has 1 aromatic heterocycles. The molecule has 0 unspecified atom stereocenters. The summed E-state index contributed by atoms with van der Waals surface area (Å²) in [6.45, 7) is 2.45. The van der Waals surface area contributed by atoms with E-state index in [9.17, 15) is 9.59 Å². The predicted octanol–water partition coefficient (Wildman–Crippen LogP) is 3.04. The molecular formula is C23H22N4O3S. The fourth-order valence-corrected chi connectivity index (χ4v) is 6.12. The average Bonchev–Trinajstić information content (AvgIpc) is 3.36. The van der Waals surface area contributed by atoms with Crippen molar-refractivity contribution in [1.82, 2.24) is 19.9 Å². The Bertz CT molecular complexity index is 1040. The summed E-state index contributed by atoms with van der Waals surface area (Å²) in [5.74, 6) is -0.416. The second kappa shape index (κ2) is 7.85. The van der Waals surface area contributed by atoms with E-state index in [1.54, 1.807) is 33.7 Å². The molecule has 0 N–H and O–H groups in total. The van der Waals surface area contributed by atoms with Gasteiger partial charge in [-0.25, -0.2) is 4.79 Å². The molecule has 3 atom stereocenters. The zero-order valence-electron chi connectivity index (χ0n) is 17.0. The molecule has 3 heterocycles. The van der Waals surface area contributed by atoms with Gasteiger partial charge in [0.15, 0.2) is 6.10 Å². The van der Waals surface area contributed by atoms with Crippen LogP contribution >= 0.6 is 11.8 Å². The number of benzene rings is 2. The van der Waals surface area contributed by atoms with Gasteiger partial charge in [-0.15, -0.1) is 16.9 Å². The number of ether oxygens (including phenoxy) is 1. The maximum Gasteiger partial charge on any atom is 0.331 e. The molecule has 31 heavy (non-hydrogen) atoms. The van der Waals surface area contributed by atoms with Gasteiger partial charge in [-0.1, -0.05) is 65.9 Å². The Morgan fingerprint density at radius 3 is 2.35 bits per heavy atom. The van der Waals surface area contributed by atoms with E-state index in [0.717, 1.165) is 11.1 Å². The van der Waals surface area contributed by atoms with Crippen molar-refractivity contribution in [2.24, 2.45) is 0 Å². The van der Waals surface area contributed by atoms with Gasteiger partial charge in [-0.2, -0.15) is 0 Å². The molecule has 1 amide bonds. The van der Waals surface area contributed by atoms with E-state index in [1.165, 1.54) is 0 Å². The van der Waals surface area contributed by atoms with E-state index in [4.69, 9.17) is 4.74 Å². The van der Waals surface area contributed by atoms with Gasteiger partial charge < -0.3 is 9.64 Å². The van der Waals surface area contributed by atoms with Gasteiger partial charge in [-0.3, -0.25) is 9.48 Å². The number of carbonyl (C=O) groups is 2. The Labute approximate surface area is 184 Å². The van der Waals surface area contributed by atoms with Crippen molar-refractivity contribution in [3.05, 3.63) is 84.2 Å². The number of nitrogens with zero attached hydrogens (tertiary/aromatic N) is 4. The lowest BCUT2D eigenvalue weighted by Gasteiger charge is -2.38. The molecule has 0 radical (unpaired) electrons. The number of amides is 1. The van der Waals surface area contributed by atoms with E-state index >= 15 is 0 Å². The Balaban J connectivity index is 1.46. The predicted molar refractivity (Wildman–Crippen MR) is 116 cm³/mol. The molecule has 0 spiro atoms. The van der Waals surface area contributed by atoms with E-state index in [1.807, 2.05) is 67.6 Å². The molecular weight excluding hydrogens is 412 g/mol. The number of carbonyl (C=O) groups excluding carboxylic acids is 2. The van der Waals surface area contributed by atoms with Crippen molar-refractivity contribution in [3.8, 4) is 0 Å². The Kier molecular flexibility index (Phi) is 5.02. The number of esters is 1. The van der Waals surface area contributed by atoms with Gasteiger partial charge in [0, 0.05) is 6.20 Å². The maximum absolute atomic E-state index is 13.6. The van der Waals surface area contributed by atoms with Crippen LogP contribution in [0.2, 0.25) is 0 Å². The quantitative estimate of drug-likeness (QED) is 0.438. The third-order valence-electron chi connectivity index (χ3n) is 5.82. The smallest absolute Gasteiger partial charge is 0.331 e. The first-order chi connectivity index (χ1) is 15.0. The van der Waals surface area contributed by atoms with Crippen LogP contribution in [0.15, 0.2) is 73.1 Å². The minimum absolute atomic E-state index is 0.00882. The number of β-lactam (4-membered cyclic amide) rings is 1. The molecule has 2 fully saturated rings. The van der Waals surface area contributed by atoms with Crippen LogP contribution in [-0.4, -0.2) is 47.9 Å². The van der Waals surface area contributed by atoms with Crippen molar-refractivity contribution >= 4 is 23.6 Å². The van der Waals surface area contributed by atoms with Crippen molar-refractivity contribution < 1.29 is 14.3 Å². The second-order valence-electron chi connectivity index (χ2n) is 8.03. The summed E-state index contributed by atoms with van der Waals surface area (Å²) in [7, 11) is 0.